The molecule has 2 fully saturated rings. The first-order valence-corrected chi connectivity index (χ1v) is 8.68. The van der Waals surface area contributed by atoms with Gasteiger partial charge in [-0.3, -0.25) is 4.79 Å². The SMILES string of the molecule is Cc1noc(C)c1CCC(=O)N1CCCC1c1noc(C2CC2)n1. The molecule has 4 rings (SSSR count). The molecule has 0 N–H and O–H groups in total. The molecule has 1 amide bonds. The maximum Gasteiger partial charge on any atom is 0.229 e. The summed E-state index contributed by atoms with van der Waals surface area (Å²) in [6.07, 6.45) is 5.25. The standard InChI is InChI=1S/C17H22N4O3/c1-10-13(11(2)23-19-10)7-8-15(22)21-9-3-4-14(21)16-18-17(24-20-16)12-5-6-12/h12,14H,3-9H2,1-2H3. The highest BCUT2D eigenvalue weighted by Gasteiger charge is 2.35. The second-order valence-electron chi connectivity index (χ2n) is 6.81. The minimum atomic E-state index is -0.0431. The van der Waals surface area contributed by atoms with Crippen LogP contribution in [0.4, 0.5) is 0 Å². The molecule has 1 saturated carbocycles. The van der Waals surface area contributed by atoms with Gasteiger partial charge in [0, 0.05) is 24.4 Å². The molecule has 1 unspecified atom stereocenters. The van der Waals surface area contributed by atoms with Gasteiger partial charge in [0.05, 0.1) is 11.7 Å². The summed E-state index contributed by atoms with van der Waals surface area (Å²) >= 11 is 0. The highest BCUT2D eigenvalue weighted by atomic mass is 16.5. The Bertz CT molecular complexity index is 727. The van der Waals surface area contributed by atoms with E-state index in [0.717, 1.165) is 55.1 Å². The molecule has 0 radical (unpaired) electrons. The highest BCUT2D eigenvalue weighted by molar-refractivity contribution is 5.77. The van der Waals surface area contributed by atoms with E-state index >= 15 is 0 Å². The number of hydrogen-bond donors (Lipinski definition) is 0. The van der Waals surface area contributed by atoms with Gasteiger partial charge >= 0.3 is 0 Å². The van der Waals surface area contributed by atoms with E-state index in [-0.39, 0.29) is 11.9 Å². The molecule has 7 heteroatoms. The molecule has 0 spiro atoms. The van der Waals surface area contributed by atoms with Crippen LogP contribution in [0, 0.1) is 13.8 Å². The fourth-order valence-electron chi connectivity index (χ4n) is 3.45. The lowest BCUT2D eigenvalue weighted by Gasteiger charge is -2.22. The first-order chi connectivity index (χ1) is 11.6. The van der Waals surface area contributed by atoms with Gasteiger partial charge in [-0.25, -0.2) is 0 Å². The smallest absolute Gasteiger partial charge is 0.229 e. The second kappa shape index (κ2) is 6.03. The van der Waals surface area contributed by atoms with Crippen molar-refractivity contribution >= 4 is 5.91 Å². The number of amides is 1. The van der Waals surface area contributed by atoms with E-state index in [1.165, 1.54) is 0 Å². The van der Waals surface area contributed by atoms with Gasteiger partial charge in [-0.05, 0) is 46.0 Å². The Kier molecular flexibility index (Phi) is 3.86. The lowest BCUT2D eigenvalue weighted by molar-refractivity contribution is -0.132. The van der Waals surface area contributed by atoms with Gasteiger partial charge in [-0.2, -0.15) is 4.98 Å². The summed E-state index contributed by atoms with van der Waals surface area (Å²) in [7, 11) is 0. The average Bonchev–Trinajstić information content (AvgIpc) is 2.99. The van der Waals surface area contributed by atoms with E-state index in [1.54, 1.807) is 0 Å². The molecule has 1 saturated heterocycles. The van der Waals surface area contributed by atoms with Gasteiger partial charge < -0.3 is 13.9 Å². The number of rotatable bonds is 5. The first-order valence-electron chi connectivity index (χ1n) is 8.68. The molecule has 1 aliphatic heterocycles. The van der Waals surface area contributed by atoms with Crippen LogP contribution >= 0.6 is 0 Å². The minimum absolute atomic E-state index is 0.0431. The van der Waals surface area contributed by atoms with Crippen LogP contribution in [-0.2, 0) is 11.2 Å². The third kappa shape index (κ3) is 2.83. The van der Waals surface area contributed by atoms with Gasteiger partial charge in [0.15, 0.2) is 5.82 Å². The molecule has 128 valence electrons. The first kappa shape index (κ1) is 15.4. The number of likely N-dealkylation sites (tertiary alicyclic amines) is 1. The van der Waals surface area contributed by atoms with Crippen molar-refractivity contribution in [3.8, 4) is 0 Å². The predicted octanol–water partition coefficient (Wildman–Crippen LogP) is 2.85. The zero-order valence-electron chi connectivity index (χ0n) is 14.1. The van der Waals surface area contributed by atoms with Gasteiger partial charge in [0.1, 0.15) is 5.76 Å². The third-order valence-corrected chi connectivity index (χ3v) is 5.03. The summed E-state index contributed by atoms with van der Waals surface area (Å²) in [5.41, 5.74) is 1.90. The summed E-state index contributed by atoms with van der Waals surface area (Å²) < 4.78 is 10.5. The number of carbonyl (C=O) groups excluding carboxylic acids is 1. The molecule has 24 heavy (non-hydrogen) atoms. The van der Waals surface area contributed by atoms with Gasteiger partial charge in [0.25, 0.3) is 0 Å². The van der Waals surface area contributed by atoms with Crippen LogP contribution in [0.25, 0.3) is 0 Å². The van der Waals surface area contributed by atoms with Gasteiger partial charge in [-0.15, -0.1) is 0 Å². The molecular weight excluding hydrogens is 308 g/mol. The molecule has 7 nitrogen and oxygen atoms in total. The number of aryl methyl sites for hydroxylation is 2. The van der Waals surface area contributed by atoms with E-state index < -0.39 is 0 Å². The Hall–Kier alpha value is -2.18. The summed E-state index contributed by atoms with van der Waals surface area (Å²) in [6, 6.07) is -0.0431. The molecule has 2 aromatic heterocycles. The average molecular weight is 330 g/mol. The largest absolute Gasteiger partial charge is 0.361 e. The van der Waals surface area contributed by atoms with Crippen LogP contribution in [0.15, 0.2) is 9.05 Å². The minimum Gasteiger partial charge on any atom is -0.361 e. The monoisotopic (exact) mass is 330 g/mol. The quantitative estimate of drug-likeness (QED) is 0.838. The van der Waals surface area contributed by atoms with E-state index in [2.05, 4.69) is 15.3 Å². The molecule has 2 aliphatic rings. The summed E-state index contributed by atoms with van der Waals surface area (Å²) in [5, 5.41) is 8.07. The number of aromatic nitrogens is 3. The van der Waals surface area contributed by atoms with Crippen molar-refractivity contribution in [1.82, 2.24) is 20.2 Å². The van der Waals surface area contributed by atoms with Crippen LogP contribution in [0.2, 0.25) is 0 Å². The van der Waals surface area contributed by atoms with Crippen molar-refractivity contribution in [3.05, 3.63) is 28.7 Å². The van der Waals surface area contributed by atoms with Crippen molar-refractivity contribution in [3.63, 3.8) is 0 Å². The second-order valence-corrected chi connectivity index (χ2v) is 6.81. The van der Waals surface area contributed by atoms with Crippen LogP contribution < -0.4 is 0 Å². The van der Waals surface area contributed by atoms with Crippen LogP contribution in [0.1, 0.15) is 72.8 Å². The zero-order valence-corrected chi connectivity index (χ0v) is 14.1. The van der Waals surface area contributed by atoms with Crippen LogP contribution in [0.5, 0.6) is 0 Å². The Morgan fingerprint density at radius 2 is 2.04 bits per heavy atom. The van der Waals surface area contributed by atoms with Crippen molar-refractivity contribution < 1.29 is 13.8 Å². The van der Waals surface area contributed by atoms with E-state index in [1.807, 2.05) is 18.7 Å². The number of hydrogen-bond acceptors (Lipinski definition) is 6. The fourth-order valence-corrected chi connectivity index (χ4v) is 3.45. The molecule has 3 heterocycles. The molecular formula is C17H22N4O3. The topological polar surface area (TPSA) is 85.3 Å². The van der Waals surface area contributed by atoms with E-state index in [4.69, 9.17) is 9.05 Å². The number of nitrogens with zero attached hydrogens (tertiary/aromatic N) is 4. The summed E-state index contributed by atoms with van der Waals surface area (Å²) in [5.74, 6) is 2.78. The molecule has 0 aromatic carbocycles. The Morgan fingerprint density at radius 3 is 2.75 bits per heavy atom. The lowest BCUT2D eigenvalue weighted by atomic mass is 10.1. The lowest BCUT2D eigenvalue weighted by Crippen LogP contribution is -2.31. The molecule has 1 aliphatic carbocycles. The highest BCUT2D eigenvalue weighted by Crippen LogP contribution is 2.40. The van der Waals surface area contributed by atoms with E-state index in [9.17, 15) is 4.79 Å². The van der Waals surface area contributed by atoms with Crippen molar-refractivity contribution in [1.29, 1.82) is 0 Å². The van der Waals surface area contributed by atoms with Crippen molar-refractivity contribution in [2.75, 3.05) is 6.54 Å². The van der Waals surface area contributed by atoms with Gasteiger partial charge in [0.2, 0.25) is 11.8 Å². The fraction of sp³-hybridized carbons (Fsp3) is 0.647. The third-order valence-electron chi connectivity index (χ3n) is 5.03. The molecule has 0 bridgehead atoms. The van der Waals surface area contributed by atoms with Crippen molar-refractivity contribution in [2.24, 2.45) is 0 Å². The predicted molar refractivity (Wildman–Crippen MR) is 84.3 cm³/mol. The molecule has 1 atom stereocenters. The Morgan fingerprint density at radius 1 is 1.21 bits per heavy atom. The summed E-state index contributed by atoms with van der Waals surface area (Å²) in [4.78, 5) is 19.1. The van der Waals surface area contributed by atoms with Crippen LogP contribution in [0.3, 0.4) is 0 Å². The van der Waals surface area contributed by atoms with Crippen molar-refractivity contribution in [2.45, 2.75) is 64.3 Å². The van der Waals surface area contributed by atoms with Gasteiger partial charge in [-0.1, -0.05) is 10.3 Å². The van der Waals surface area contributed by atoms with Crippen LogP contribution in [-0.4, -0.2) is 32.6 Å². The maximum atomic E-state index is 12.7. The Balaban J connectivity index is 1.42. The number of carbonyl (C=O) groups is 1. The molecule has 2 aromatic rings. The normalized spacial score (nSPS) is 20.8. The zero-order chi connectivity index (χ0) is 16.7. The van der Waals surface area contributed by atoms with E-state index in [0.29, 0.717) is 24.6 Å². The Labute approximate surface area is 140 Å². The summed E-state index contributed by atoms with van der Waals surface area (Å²) in [6.45, 7) is 4.56. The maximum absolute atomic E-state index is 12.7.